The molecule has 4 nitrogen and oxygen atoms in total. The van der Waals surface area contributed by atoms with E-state index < -0.39 is 0 Å². The average Bonchev–Trinajstić information content (AvgIpc) is 2.44. The second kappa shape index (κ2) is 8.53. The second-order valence-electron chi connectivity index (χ2n) is 4.57. The molecule has 19 heavy (non-hydrogen) atoms. The molecule has 1 aromatic rings. The Balaban J connectivity index is 2.40. The number of carbonyl (C=O) groups excluding carboxylic acids is 1. The topological polar surface area (TPSA) is 47.6 Å². The van der Waals surface area contributed by atoms with Crippen LogP contribution in [0.25, 0.3) is 0 Å². The predicted molar refractivity (Wildman–Crippen MR) is 75.4 cm³/mol. The van der Waals surface area contributed by atoms with Gasteiger partial charge in [0.2, 0.25) is 0 Å². The number of nitrogens with one attached hydrogen (secondary N) is 1. The molecule has 0 aromatic heterocycles. The van der Waals surface area contributed by atoms with E-state index in [0.29, 0.717) is 11.8 Å². The SMILES string of the molecule is CCCNC(C)Cc1ccc(OCC(=O)OC)cc1. The molecule has 0 bridgehead atoms. The van der Waals surface area contributed by atoms with E-state index in [1.165, 1.54) is 12.7 Å². The summed E-state index contributed by atoms with van der Waals surface area (Å²) in [5.41, 5.74) is 1.25. The van der Waals surface area contributed by atoms with Gasteiger partial charge in [-0.05, 0) is 44.0 Å². The Kier molecular flexibility index (Phi) is 6.97. The zero-order valence-corrected chi connectivity index (χ0v) is 11.9. The third kappa shape index (κ3) is 6.25. The van der Waals surface area contributed by atoms with Crippen LogP contribution >= 0.6 is 0 Å². The summed E-state index contributed by atoms with van der Waals surface area (Å²) in [4.78, 5) is 10.9. The van der Waals surface area contributed by atoms with E-state index in [1.807, 2.05) is 24.3 Å². The van der Waals surface area contributed by atoms with Gasteiger partial charge in [0, 0.05) is 6.04 Å². The van der Waals surface area contributed by atoms with Gasteiger partial charge in [-0.1, -0.05) is 19.1 Å². The molecule has 0 heterocycles. The summed E-state index contributed by atoms with van der Waals surface area (Å²) in [7, 11) is 1.35. The molecule has 1 N–H and O–H groups in total. The van der Waals surface area contributed by atoms with E-state index in [1.54, 1.807) is 0 Å². The largest absolute Gasteiger partial charge is 0.482 e. The van der Waals surface area contributed by atoms with Gasteiger partial charge in [0.25, 0.3) is 0 Å². The van der Waals surface area contributed by atoms with Crippen LogP contribution in [0.5, 0.6) is 5.75 Å². The first kappa shape index (κ1) is 15.5. The highest BCUT2D eigenvalue weighted by atomic mass is 16.6. The molecule has 0 amide bonds. The maximum absolute atomic E-state index is 10.9. The first-order valence-electron chi connectivity index (χ1n) is 6.67. The number of rotatable bonds is 8. The van der Waals surface area contributed by atoms with Crippen molar-refractivity contribution in [3.8, 4) is 5.75 Å². The molecule has 0 aliphatic rings. The Labute approximate surface area is 115 Å². The maximum atomic E-state index is 10.9. The lowest BCUT2D eigenvalue weighted by Crippen LogP contribution is -2.28. The molecule has 1 rings (SSSR count). The minimum absolute atomic E-state index is 0.0513. The number of benzene rings is 1. The van der Waals surface area contributed by atoms with E-state index in [0.717, 1.165) is 19.4 Å². The van der Waals surface area contributed by atoms with E-state index >= 15 is 0 Å². The summed E-state index contributed by atoms with van der Waals surface area (Å²) in [6, 6.07) is 8.27. The van der Waals surface area contributed by atoms with Gasteiger partial charge in [0.1, 0.15) is 5.75 Å². The molecule has 0 saturated heterocycles. The number of ether oxygens (including phenoxy) is 2. The molecule has 0 radical (unpaired) electrons. The van der Waals surface area contributed by atoms with Crippen LogP contribution in [-0.4, -0.2) is 32.3 Å². The van der Waals surface area contributed by atoms with Crippen molar-refractivity contribution in [2.24, 2.45) is 0 Å². The van der Waals surface area contributed by atoms with Crippen molar-refractivity contribution in [1.29, 1.82) is 0 Å². The third-order valence-electron chi connectivity index (χ3n) is 2.79. The molecule has 1 unspecified atom stereocenters. The number of esters is 1. The fourth-order valence-corrected chi connectivity index (χ4v) is 1.74. The Hall–Kier alpha value is -1.55. The van der Waals surface area contributed by atoms with Gasteiger partial charge in [-0.3, -0.25) is 0 Å². The second-order valence-corrected chi connectivity index (χ2v) is 4.57. The number of methoxy groups -OCH3 is 1. The Morgan fingerprint density at radius 2 is 2.00 bits per heavy atom. The minimum atomic E-state index is -0.374. The number of hydrogen-bond donors (Lipinski definition) is 1. The van der Waals surface area contributed by atoms with Gasteiger partial charge in [0.15, 0.2) is 6.61 Å². The van der Waals surface area contributed by atoms with Gasteiger partial charge in [-0.15, -0.1) is 0 Å². The average molecular weight is 265 g/mol. The maximum Gasteiger partial charge on any atom is 0.343 e. The Morgan fingerprint density at radius 1 is 1.32 bits per heavy atom. The Morgan fingerprint density at radius 3 is 2.58 bits per heavy atom. The first-order valence-corrected chi connectivity index (χ1v) is 6.67. The van der Waals surface area contributed by atoms with E-state index in [2.05, 4.69) is 23.9 Å². The van der Waals surface area contributed by atoms with Crippen molar-refractivity contribution in [3.63, 3.8) is 0 Å². The summed E-state index contributed by atoms with van der Waals surface area (Å²) in [6.45, 7) is 5.33. The van der Waals surface area contributed by atoms with Gasteiger partial charge < -0.3 is 14.8 Å². The Bertz CT molecular complexity index is 375. The van der Waals surface area contributed by atoms with Gasteiger partial charge in [-0.25, -0.2) is 4.79 Å². The molecule has 0 saturated carbocycles. The molecule has 0 spiro atoms. The zero-order valence-electron chi connectivity index (χ0n) is 11.9. The smallest absolute Gasteiger partial charge is 0.343 e. The summed E-state index contributed by atoms with van der Waals surface area (Å²) in [5.74, 6) is 0.310. The van der Waals surface area contributed by atoms with Crippen molar-refractivity contribution < 1.29 is 14.3 Å². The van der Waals surface area contributed by atoms with E-state index in [-0.39, 0.29) is 12.6 Å². The summed E-state index contributed by atoms with van der Waals surface area (Å²) in [5, 5.41) is 3.45. The number of hydrogen-bond acceptors (Lipinski definition) is 4. The molecule has 106 valence electrons. The van der Waals surface area contributed by atoms with Crippen LogP contribution in [0.3, 0.4) is 0 Å². The van der Waals surface area contributed by atoms with Crippen molar-refractivity contribution in [3.05, 3.63) is 29.8 Å². The number of carbonyl (C=O) groups is 1. The van der Waals surface area contributed by atoms with Crippen LogP contribution in [0.1, 0.15) is 25.8 Å². The molecule has 0 aliphatic carbocycles. The molecular formula is C15H23NO3. The quantitative estimate of drug-likeness (QED) is 0.732. The summed E-state index contributed by atoms with van der Waals surface area (Å²) in [6.07, 6.45) is 2.13. The van der Waals surface area contributed by atoms with Crippen LogP contribution in [-0.2, 0) is 16.0 Å². The van der Waals surface area contributed by atoms with Gasteiger partial charge in [-0.2, -0.15) is 0 Å². The van der Waals surface area contributed by atoms with Crippen molar-refractivity contribution >= 4 is 5.97 Å². The predicted octanol–water partition coefficient (Wildman–Crippen LogP) is 2.17. The highest BCUT2D eigenvalue weighted by Crippen LogP contribution is 2.13. The van der Waals surface area contributed by atoms with Gasteiger partial charge >= 0.3 is 5.97 Å². The van der Waals surface area contributed by atoms with Crippen molar-refractivity contribution in [2.45, 2.75) is 32.7 Å². The molecule has 4 heteroatoms. The van der Waals surface area contributed by atoms with Crippen LogP contribution in [0.15, 0.2) is 24.3 Å². The highest BCUT2D eigenvalue weighted by Gasteiger charge is 2.04. The minimum Gasteiger partial charge on any atom is -0.482 e. The van der Waals surface area contributed by atoms with Crippen LogP contribution in [0.2, 0.25) is 0 Å². The van der Waals surface area contributed by atoms with Crippen LogP contribution in [0.4, 0.5) is 0 Å². The normalized spacial score (nSPS) is 11.9. The molecule has 1 aromatic carbocycles. The highest BCUT2D eigenvalue weighted by molar-refractivity contribution is 5.70. The first-order chi connectivity index (χ1) is 9.15. The van der Waals surface area contributed by atoms with E-state index in [9.17, 15) is 4.79 Å². The van der Waals surface area contributed by atoms with Gasteiger partial charge in [0.05, 0.1) is 7.11 Å². The van der Waals surface area contributed by atoms with Crippen molar-refractivity contribution in [2.75, 3.05) is 20.3 Å². The third-order valence-corrected chi connectivity index (χ3v) is 2.79. The fraction of sp³-hybridized carbons (Fsp3) is 0.533. The lowest BCUT2D eigenvalue weighted by molar-refractivity contribution is -0.142. The lowest BCUT2D eigenvalue weighted by Gasteiger charge is -2.13. The zero-order chi connectivity index (χ0) is 14.1. The molecular weight excluding hydrogens is 242 g/mol. The lowest BCUT2D eigenvalue weighted by atomic mass is 10.1. The molecule has 0 fully saturated rings. The van der Waals surface area contributed by atoms with Crippen molar-refractivity contribution in [1.82, 2.24) is 5.32 Å². The van der Waals surface area contributed by atoms with Crippen LogP contribution in [0, 0.1) is 0 Å². The summed E-state index contributed by atoms with van der Waals surface area (Å²) < 4.78 is 9.81. The molecule has 1 atom stereocenters. The standard InChI is InChI=1S/C15H23NO3/c1-4-9-16-12(2)10-13-5-7-14(8-6-13)19-11-15(17)18-3/h5-8,12,16H,4,9-11H2,1-3H3. The summed E-state index contributed by atoms with van der Waals surface area (Å²) >= 11 is 0. The van der Waals surface area contributed by atoms with E-state index in [4.69, 9.17) is 4.74 Å². The monoisotopic (exact) mass is 265 g/mol. The molecule has 0 aliphatic heterocycles. The van der Waals surface area contributed by atoms with Crippen LogP contribution < -0.4 is 10.1 Å². The fourth-order valence-electron chi connectivity index (χ4n) is 1.74.